The van der Waals surface area contributed by atoms with Crippen molar-refractivity contribution >= 4 is 45.2 Å². The molecule has 3 rings (SSSR count). The molecule has 1 aliphatic heterocycles. The Morgan fingerprint density at radius 1 is 1.19 bits per heavy atom. The molecular weight excluding hydrogens is 366 g/mol. The summed E-state index contributed by atoms with van der Waals surface area (Å²) in [6.45, 7) is 2.05. The SMILES string of the molecule is Br.COC1CC(=C(c2cccs2)c2cccs2)CN(C)C1. The van der Waals surface area contributed by atoms with Gasteiger partial charge in [-0.3, -0.25) is 4.90 Å². The number of nitrogens with zero attached hydrogens (tertiary/aromatic N) is 1. The van der Waals surface area contributed by atoms with Crippen molar-refractivity contribution in [2.75, 3.05) is 27.2 Å². The van der Waals surface area contributed by atoms with Crippen LogP contribution in [0.1, 0.15) is 16.2 Å². The molecule has 1 unspecified atom stereocenters. The van der Waals surface area contributed by atoms with Gasteiger partial charge in [0, 0.05) is 35.5 Å². The van der Waals surface area contributed by atoms with Gasteiger partial charge < -0.3 is 4.74 Å². The Morgan fingerprint density at radius 2 is 1.81 bits per heavy atom. The first kappa shape index (κ1) is 16.9. The van der Waals surface area contributed by atoms with Crippen molar-refractivity contribution in [3.8, 4) is 0 Å². The fourth-order valence-electron chi connectivity index (χ4n) is 2.79. The quantitative estimate of drug-likeness (QED) is 0.768. The average Bonchev–Trinajstić information content (AvgIpc) is 3.12. The summed E-state index contributed by atoms with van der Waals surface area (Å²) < 4.78 is 5.61. The van der Waals surface area contributed by atoms with Gasteiger partial charge in [0.15, 0.2) is 0 Å². The summed E-state index contributed by atoms with van der Waals surface area (Å²) in [5.74, 6) is 0. The summed E-state index contributed by atoms with van der Waals surface area (Å²) >= 11 is 3.64. The fourth-order valence-corrected chi connectivity index (χ4v) is 4.52. The number of hydrogen-bond donors (Lipinski definition) is 0. The van der Waals surface area contributed by atoms with E-state index in [0.29, 0.717) is 6.10 Å². The van der Waals surface area contributed by atoms with Crippen LogP contribution in [0.4, 0.5) is 0 Å². The number of rotatable bonds is 3. The third-order valence-electron chi connectivity index (χ3n) is 3.67. The highest BCUT2D eigenvalue weighted by Gasteiger charge is 2.24. The Morgan fingerprint density at radius 3 is 2.29 bits per heavy atom. The lowest BCUT2D eigenvalue weighted by molar-refractivity contribution is 0.0589. The van der Waals surface area contributed by atoms with E-state index < -0.39 is 0 Å². The monoisotopic (exact) mass is 385 g/mol. The van der Waals surface area contributed by atoms with Crippen LogP contribution in [0.5, 0.6) is 0 Å². The summed E-state index contributed by atoms with van der Waals surface area (Å²) in [6, 6.07) is 8.72. The first-order chi connectivity index (χ1) is 9.78. The smallest absolute Gasteiger partial charge is 0.0736 e. The van der Waals surface area contributed by atoms with Crippen LogP contribution in [0.3, 0.4) is 0 Å². The van der Waals surface area contributed by atoms with Gasteiger partial charge >= 0.3 is 0 Å². The zero-order valence-corrected chi connectivity index (χ0v) is 15.6. The number of hydrogen-bond acceptors (Lipinski definition) is 4. The Kier molecular flexibility index (Phi) is 6.20. The topological polar surface area (TPSA) is 12.5 Å². The number of likely N-dealkylation sites (tertiary alicyclic amines) is 1. The molecule has 0 radical (unpaired) electrons. The second-order valence-electron chi connectivity index (χ2n) is 5.19. The zero-order chi connectivity index (χ0) is 13.9. The summed E-state index contributed by atoms with van der Waals surface area (Å²) in [5, 5.41) is 4.31. The first-order valence-corrected chi connectivity index (χ1v) is 8.55. The summed E-state index contributed by atoms with van der Waals surface area (Å²) in [6.07, 6.45) is 1.34. The lowest BCUT2D eigenvalue weighted by Gasteiger charge is -2.32. The van der Waals surface area contributed by atoms with E-state index in [1.54, 1.807) is 0 Å². The summed E-state index contributed by atoms with van der Waals surface area (Å²) in [4.78, 5) is 5.09. The lowest BCUT2D eigenvalue weighted by Crippen LogP contribution is -2.38. The molecule has 114 valence electrons. The van der Waals surface area contributed by atoms with Gasteiger partial charge in [0.1, 0.15) is 0 Å². The molecule has 0 bridgehead atoms. The van der Waals surface area contributed by atoms with E-state index >= 15 is 0 Å². The number of piperidine rings is 1. The van der Waals surface area contributed by atoms with Gasteiger partial charge in [-0.05, 0) is 41.9 Å². The highest BCUT2D eigenvalue weighted by molar-refractivity contribution is 8.93. The third kappa shape index (κ3) is 3.85. The van der Waals surface area contributed by atoms with Gasteiger partial charge in [0.2, 0.25) is 0 Å². The molecule has 1 aliphatic rings. The van der Waals surface area contributed by atoms with Gasteiger partial charge in [-0.15, -0.1) is 39.7 Å². The minimum absolute atomic E-state index is 0. The van der Waals surface area contributed by atoms with Gasteiger partial charge in [-0.2, -0.15) is 0 Å². The Bertz CT molecular complexity index is 541. The molecule has 21 heavy (non-hydrogen) atoms. The molecule has 0 aromatic carbocycles. The second-order valence-corrected chi connectivity index (χ2v) is 7.09. The molecule has 0 saturated carbocycles. The molecule has 0 N–H and O–H groups in total. The molecule has 2 aromatic rings. The first-order valence-electron chi connectivity index (χ1n) is 6.79. The van der Waals surface area contributed by atoms with Gasteiger partial charge in [0.25, 0.3) is 0 Å². The van der Waals surface area contributed by atoms with Crippen molar-refractivity contribution in [2.24, 2.45) is 0 Å². The average molecular weight is 386 g/mol. The maximum absolute atomic E-state index is 5.61. The molecule has 1 fully saturated rings. The largest absolute Gasteiger partial charge is 0.380 e. The molecular formula is C16H20BrNOS2. The second kappa shape index (κ2) is 7.70. The molecule has 2 nitrogen and oxygen atoms in total. The predicted molar refractivity (Wildman–Crippen MR) is 97.9 cm³/mol. The van der Waals surface area contributed by atoms with Crippen LogP contribution in [-0.2, 0) is 4.74 Å². The summed E-state index contributed by atoms with van der Waals surface area (Å²) in [7, 11) is 3.99. The molecule has 3 heterocycles. The van der Waals surface area contributed by atoms with E-state index in [0.717, 1.165) is 19.5 Å². The highest BCUT2D eigenvalue weighted by atomic mass is 79.9. The standard InChI is InChI=1S/C16H19NOS2.BrH/c1-17-10-12(9-13(11-17)18-2)16(14-5-3-7-19-14)15-6-4-8-20-15;/h3-8,13H,9-11H2,1-2H3;1H. The van der Waals surface area contributed by atoms with Crippen LogP contribution in [0.15, 0.2) is 40.6 Å². The van der Waals surface area contributed by atoms with Gasteiger partial charge in [-0.1, -0.05) is 12.1 Å². The molecule has 5 heteroatoms. The van der Waals surface area contributed by atoms with Crippen molar-refractivity contribution in [2.45, 2.75) is 12.5 Å². The molecule has 0 amide bonds. The van der Waals surface area contributed by atoms with Crippen LogP contribution < -0.4 is 0 Å². The molecule has 1 saturated heterocycles. The van der Waals surface area contributed by atoms with Crippen molar-refractivity contribution in [1.82, 2.24) is 4.90 Å². The minimum Gasteiger partial charge on any atom is -0.380 e. The van der Waals surface area contributed by atoms with Crippen molar-refractivity contribution in [1.29, 1.82) is 0 Å². The van der Waals surface area contributed by atoms with Crippen molar-refractivity contribution in [3.63, 3.8) is 0 Å². The highest BCUT2D eigenvalue weighted by Crippen LogP contribution is 2.36. The number of methoxy groups -OCH3 is 1. The van der Waals surface area contributed by atoms with E-state index in [1.165, 1.54) is 20.9 Å². The van der Waals surface area contributed by atoms with Gasteiger partial charge in [0.05, 0.1) is 6.10 Å². The van der Waals surface area contributed by atoms with E-state index in [9.17, 15) is 0 Å². The predicted octanol–water partition coefficient (Wildman–Crippen LogP) is 4.54. The van der Waals surface area contributed by atoms with E-state index in [-0.39, 0.29) is 17.0 Å². The Labute approximate surface area is 144 Å². The van der Waals surface area contributed by atoms with Crippen molar-refractivity contribution < 1.29 is 4.74 Å². The maximum Gasteiger partial charge on any atom is 0.0736 e. The molecule has 2 aromatic heterocycles. The summed E-state index contributed by atoms with van der Waals surface area (Å²) in [5.41, 5.74) is 2.92. The normalized spacial score (nSPS) is 19.3. The maximum atomic E-state index is 5.61. The Hall–Kier alpha value is -0.460. The van der Waals surface area contributed by atoms with Crippen molar-refractivity contribution in [3.05, 3.63) is 50.4 Å². The Balaban J connectivity index is 0.00000161. The molecule has 0 aliphatic carbocycles. The number of likely N-dealkylation sites (N-methyl/N-ethyl adjacent to an activating group) is 1. The number of ether oxygens (including phenoxy) is 1. The van der Waals surface area contributed by atoms with Crippen LogP contribution in [-0.4, -0.2) is 38.3 Å². The van der Waals surface area contributed by atoms with Crippen LogP contribution in [0, 0.1) is 0 Å². The molecule has 0 spiro atoms. The number of halogens is 1. The zero-order valence-electron chi connectivity index (χ0n) is 12.2. The third-order valence-corrected chi connectivity index (χ3v) is 5.45. The van der Waals surface area contributed by atoms with Crippen LogP contribution in [0.25, 0.3) is 5.57 Å². The number of thiophene rings is 2. The van der Waals surface area contributed by atoms with Crippen LogP contribution in [0.2, 0.25) is 0 Å². The van der Waals surface area contributed by atoms with E-state index in [4.69, 9.17) is 4.74 Å². The van der Waals surface area contributed by atoms with E-state index in [2.05, 4.69) is 47.0 Å². The minimum atomic E-state index is 0. The van der Waals surface area contributed by atoms with E-state index in [1.807, 2.05) is 29.8 Å². The fraction of sp³-hybridized carbons (Fsp3) is 0.375. The lowest BCUT2D eigenvalue weighted by atomic mass is 9.95. The van der Waals surface area contributed by atoms with Crippen LogP contribution >= 0.6 is 39.7 Å². The molecule has 1 atom stereocenters. The van der Waals surface area contributed by atoms with Gasteiger partial charge in [-0.25, -0.2) is 0 Å².